The first-order valence-corrected chi connectivity index (χ1v) is 39.7. The van der Waals surface area contributed by atoms with E-state index in [2.05, 4.69) is 55.4 Å². The quantitative estimate of drug-likeness (QED) is 0.0222. The Morgan fingerprint density at radius 1 is 0.278 bits per heavy atom. The maximum absolute atomic E-state index is 13.0. The Hall–Kier alpha value is -1.94. The molecule has 0 rings (SSSR count). The summed E-state index contributed by atoms with van der Waals surface area (Å²) in [4.78, 5) is 72.5. The number of unbranched alkanes of at least 4 members (excludes halogenated alkanes) is 34. The van der Waals surface area contributed by atoms with Crippen LogP contribution in [0.2, 0.25) is 0 Å². The van der Waals surface area contributed by atoms with Crippen molar-refractivity contribution in [2.45, 2.75) is 369 Å². The average molecular weight is 1330 g/mol. The topological polar surface area (TPSA) is 237 Å². The number of hydrogen-bond acceptors (Lipinski definition) is 15. The van der Waals surface area contributed by atoms with Crippen LogP contribution in [0.15, 0.2) is 0 Å². The van der Waals surface area contributed by atoms with Crippen molar-refractivity contribution in [3.63, 3.8) is 0 Å². The van der Waals surface area contributed by atoms with Crippen LogP contribution in [0.3, 0.4) is 0 Å². The van der Waals surface area contributed by atoms with E-state index in [1.165, 1.54) is 148 Å². The lowest BCUT2D eigenvalue weighted by atomic mass is 10.0. The lowest BCUT2D eigenvalue weighted by molar-refractivity contribution is -0.161. The molecule has 3 N–H and O–H groups in total. The van der Waals surface area contributed by atoms with Crippen molar-refractivity contribution in [1.82, 2.24) is 0 Å². The van der Waals surface area contributed by atoms with Crippen molar-refractivity contribution in [3.8, 4) is 0 Å². The molecule has 5 atom stereocenters. The highest BCUT2D eigenvalue weighted by molar-refractivity contribution is 7.47. The smallest absolute Gasteiger partial charge is 0.462 e. The fraction of sp³-hybridized carbons (Fsp3) is 0.944. The van der Waals surface area contributed by atoms with Gasteiger partial charge in [-0.15, -0.1) is 0 Å². The molecule has 90 heavy (non-hydrogen) atoms. The molecule has 2 unspecified atom stereocenters. The second-order valence-corrected chi connectivity index (χ2v) is 30.4. The molecule has 0 aliphatic rings. The van der Waals surface area contributed by atoms with Crippen LogP contribution in [-0.2, 0) is 65.4 Å². The van der Waals surface area contributed by atoms with E-state index in [9.17, 15) is 43.2 Å². The molecule has 0 heterocycles. The number of phosphoric ester groups is 2. The molecule has 0 fully saturated rings. The zero-order valence-electron chi connectivity index (χ0n) is 58.8. The van der Waals surface area contributed by atoms with E-state index in [-0.39, 0.29) is 25.7 Å². The highest BCUT2D eigenvalue weighted by atomic mass is 31.2. The van der Waals surface area contributed by atoms with E-state index < -0.39 is 97.5 Å². The van der Waals surface area contributed by atoms with Gasteiger partial charge in [-0.25, -0.2) is 9.13 Å². The van der Waals surface area contributed by atoms with Gasteiger partial charge < -0.3 is 33.8 Å². The fourth-order valence-electron chi connectivity index (χ4n) is 10.7. The predicted molar refractivity (Wildman–Crippen MR) is 363 cm³/mol. The SMILES string of the molecule is CC(C)CCCCCCCCCCCCCCCCC(=O)O[C@H](COC(=O)CCCCCCCCCCCCCC(C)C)COP(=O)(O)OC[C@@H](O)COP(=O)(O)OC[C@@H](COC(=O)CCCCCCCCC(C)C)OC(=O)CCCCCCCCCC(C)C. The van der Waals surface area contributed by atoms with Gasteiger partial charge in [-0.2, -0.15) is 0 Å². The number of aliphatic hydroxyl groups is 1. The minimum Gasteiger partial charge on any atom is -0.462 e. The van der Waals surface area contributed by atoms with E-state index in [4.69, 9.17) is 37.0 Å². The number of rotatable bonds is 68. The summed E-state index contributed by atoms with van der Waals surface area (Å²) >= 11 is 0. The summed E-state index contributed by atoms with van der Waals surface area (Å²) in [6.07, 6.45) is 43.3. The molecule has 0 bridgehead atoms. The van der Waals surface area contributed by atoms with E-state index in [1.807, 2.05) is 0 Å². The van der Waals surface area contributed by atoms with Gasteiger partial charge in [0.05, 0.1) is 26.4 Å². The molecule has 0 amide bonds. The Balaban J connectivity index is 5.23. The van der Waals surface area contributed by atoms with Gasteiger partial charge in [0.1, 0.15) is 19.3 Å². The molecule has 0 aliphatic heterocycles. The second kappa shape index (κ2) is 60.7. The molecule has 0 saturated carbocycles. The van der Waals surface area contributed by atoms with Gasteiger partial charge in [-0.1, -0.05) is 299 Å². The monoisotopic (exact) mass is 1320 g/mol. The highest BCUT2D eigenvalue weighted by Gasteiger charge is 2.30. The van der Waals surface area contributed by atoms with Crippen molar-refractivity contribution in [2.24, 2.45) is 23.7 Å². The molecular weight excluding hydrogens is 1190 g/mol. The van der Waals surface area contributed by atoms with Crippen molar-refractivity contribution < 1.29 is 80.2 Å². The molecule has 0 aromatic heterocycles. The van der Waals surface area contributed by atoms with E-state index in [0.717, 1.165) is 108 Å². The van der Waals surface area contributed by atoms with Crippen LogP contribution in [0.25, 0.3) is 0 Å². The first kappa shape index (κ1) is 88.1. The lowest BCUT2D eigenvalue weighted by Crippen LogP contribution is -2.30. The maximum Gasteiger partial charge on any atom is 0.472 e. The molecular formula is C71H138O17P2. The first-order chi connectivity index (χ1) is 43.1. The van der Waals surface area contributed by atoms with Gasteiger partial charge in [0, 0.05) is 25.7 Å². The van der Waals surface area contributed by atoms with Crippen molar-refractivity contribution in [1.29, 1.82) is 0 Å². The standard InChI is InChI=1S/C71H138O17P2/c1-61(2)47-39-31-23-18-14-11-9-10-12-16-21-27-37-45-53-70(75)87-66(57-81-68(73)51-43-35-26-20-17-13-15-19-24-32-40-48-62(3)4)59-85-89(77,78)83-55-65(72)56-84-90(79,80)86-60-67(58-82-69(74)52-44-36-30-29-34-42-50-64(7)8)88-71(76)54-46-38-28-22-25-33-41-49-63(5)6/h61-67,72H,9-60H2,1-8H3,(H,77,78)(H,79,80)/t65-,66-,67-/m1/s1. The van der Waals surface area contributed by atoms with Crippen LogP contribution in [0.5, 0.6) is 0 Å². The Bertz CT molecular complexity index is 1780. The van der Waals surface area contributed by atoms with Gasteiger partial charge in [0.25, 0.3) is 0 Å². The molecule has 19 heteroatoms. The summed E-state index contributed by atoms with van der Waals surface area (Å²) in [7, 11) is -9.90. The van der Waals surface area contributed by atoms with Gasteiger partial charge >= 0.3 is 39.5 Å². The fourth-order valence-corrected chi connectivity index (χ4v) is 12.2. The van der Waals surface area contributed by atoms with Gasteiger partial charge in [0.2, 0.25) is 0 Å². The number of phosphoric acid groups is 2. The normalized spacial score (nSPS) is 14.3. The number of hydrogen-bond donors (Lipinski definition) is 3. The summed E-state index contributed by atoms with van der Waals surface area (Å²) < 4.78 is 68.3. The zero-order valence-corrected chi connectivity index (χ0v) is 60.6. The van der Waals surface area contributed by atoms with Crippen LogP contribution in [0.1, 0.15) is 351 Å². The highest BCUT2D eigenvalue weighted by Crippen LogP contribution is 2.45. The minimum absolute atomic E-state index is 0.102. The average Bonchev–Trinajstić information content (AvgIpc) is 3.52. The summed E-state index contributed by atoms with van der Waals surface area (Å²) in [5.74, 6) is 0.810. The van der Waals surface area contributed by atoms with Crippen molar-refractivity contribution >= 4 is 39.5 Å². The van der Waals surface area contributed by atoms with Crippen LogP contribution < -0.4 is 0 Å². The Morgan fingerprint density at radius 3 is 0.689 bits per heavy atom. The summed E-state index contributed by atoms with van der Waals surface area (Å²) in [5.41, 5.74) is 0. The summed E-state index contributed by atoms with van der Waals surface area (Å²) in [5, 5.41) is 10.6. The third-order valence-electron chi connectivity index (χ3n) is 16.3. The molecule has 534 valence electrons. The second-order valence-electron chi connectivity index (χ2n) is 27.5. The summed E-state index contributed by atoms with van der Waals surface area (Å²) in [6, 6.07) is 0. The van der Waals surface area contributed by atoms with Gasteiger partial charge in [0.15, 0.2) is 12.2 Å². The van der Waals surface area contributed by atoms with Crippen molar-refractivity contribution in [3.05, 3.63) is 0 Å². The van der Waals surface area contributed by atoms with Gasteiger partial charge in [-0.05, 0) is 49.4 Å². The number of aliphatic hydroxyl groups excluding tert-OH is 1. The molecule has 0 aliphatic carbocycles. The van der Waals surface area contributed by atoms with Gasteiger partial charge in [-0.3, -0.25) is 37.3 Å². The van der Waals surface area contributed by atoms with Crippen LogP contribution in [0.4, 0.5) is 0 Å². The molecule has 0 aromatic rings. The molecule has 0 aromatic carbocycles. The Morgan fingerprint density at radius 2 is 0.467 bits per heavy atom. The lowest BCUT2D eigenvalue weighted by Gasteiger charge is -2.21. The molecule has 17 nitrogen and oxygen atoms in total. The number of carbonyl (C=O) groups is 4. The molecule has 0 spiro atoms. The summed E-state index contributed by atoms with van der Waals surface area (Å²) in [6.45, 7) is 14.0. The molecule has 0 radical (unpaired) electrons. The minimum atomic E-state index is -4.95. The van der Waals surface area contributed by atoms with E-state index in [0.29, 0.717) is 37.5 Å². The third-order valence-corrected chi connectivity index (χ3v) is 18.2. The van der Waals surface area contributed by atoms with E-state index in [1.54, 1.807) is 0 Å². The zero-order chi connectivity index (χ0) is 66.8. The number of ether oxygens (including phenoxy) is 4. The van der Waals surface area contributed by atoms with Crippen LogP contribution in [-0.4, -0.2) is 96.7 Å². The maximum atomic E-state index is 13.0. The third kappa shape index (κ3) is 64.8. The van der Waals surface area contributed by atoms with Crippen LogP contribution >= 0.6 is 15.6 Å². The number of esters is 4. The predicted octanol–water partition coefficient (Wildman–Crippen LogP) is 20.1. The Labute approximate surface area is 549 Å². The Kier molecular flexibility index (Phi) is 59.4. The first-order valence-electron chi connectivity index (χ1n) is 36.7. The molecule has 0 saturated heterocycles. The van der Waals surface area contributed by atoms with Crippen LogP contribution in [0, 0.1) is 23.7 Å². The van der Waals surface area contributed by atoms with Crippen molar-refractivity contribution in [2.75, 3.05) is 39.6 Å². The van der Waals surface area contributed by atoms with E-state index >= 15 is 0 Å². The number of carbonyl (C=O) groups excluding carboxylic acids is 4. The largest absolute Gasteiger partial charge is 0.472 e.